The molecule has 11 heteroatoms. The summed E-state index contributed by atoms with van der Waals surface area (Å²) in [6.07, 6.45) is -5.09. The Hall–Kier alpha value is -1.85. The van der Waals surface area contributed by atoms with E-state index in [9.17, 15) is 26.4 Å². The molecule has 0 heterocycles. The molecule has 0 amide bonds. The molecule has 0 bridgehead atoms. The maximum absolute atomic E-state index is 12.7. The van der Waals surface area contributed by atoms with E-state index in [4.69, 9.17) is 9.47 Å². The normalized spacial score (nSPS) is 14.4. The molecule has 0 spiro atoms. The zero-order chi connectivity index (χ0) is 22.7. The van der Waals surface area contributed by atoms with Crippen LogP contribution in [0.15, 0.2) is 29.2 Å². The van der Waals surface area contributed by atoms with Crippen LogP contribution in [-0.2, 0) is 24.3 Å². The third-order valence-corrected chi connectivity index (χ3v) is 4.55. The first kappa shape index (κ1) is 25.2. The van der Waals surface area contributed by atoms with E-state index in [2.05, 4.69) is 9.46 Å². The molecule has 0 aliphatic carbocycles. The van der Waals surface area contributed by atoms with Gasteiger partial charge in [-0.1, -0.05) is 12.1 Å². The summed E-state index contributed by atoms with van der Waals surface area (Å²) in [7, 11) is -4.59. The highest BCUT2D eigenvalue weighted by atomic mass is 32.2. The summed E-state index contributed by atoms with van der Waals surface area (Å²) in [4.78, 5) is 11.7. The molecular weight excluding hydrogens is 415 g/mol. The van der Waals surface area contributed by atoms with Crippen molar-refractivity contribution in [2.24, 2.45) is 0 Å². The van der Waals surface area contributed by atoms with Gasteiger partial charge in [0, 0.05) is 0 Å². The van der Waals surface area contributed by atoms with Crippen molar-refractivity contribution < 1.29 is 40.6 Å². The lowest BCUT2D eigenvalue weighted by molar-refractivity contribution is -0.275. The van der Waals surface area contributed by atoms with Gasteiger partial charge in [-0.05, 0) is 53.7 Å². The summed E-state index contributed by atoms with van der Waals surface area (Å²) in [6, 6.07) is 2.72. The summed E-state index contributed by atoms with van der Waals surface area (Å²) < 4.78 is 79.8. The predicted molar refractivity (Wildman–Crippen MR) is 98.8 cm³/mol. The lowest BCUT2D eigenvalue weighted by Crippen LogP contribution is -2.48. The standard InChI is InChI=1S/C18H26F3NO6S/c1-16(2,3)26-11-12(15(23)28-17(4,5)6)22-29(24,25)14-10-8-7-9-13(14)27-18(19,20)21/h7-10,12,22H,11H2,1-6H3. The Balaban J connectivity index is 3.21. The number of ether oxygens (including phenoxy) is 3. The summed E-state index contributed by atoms with van der Waals surface area (Å²) in [5, 5.41) is 0. The molecule has 0 aliphatic rings. The van der Waals surface area contributed by atoms with Crippen LogP contribution in [0.25, 0.3) is 0 Å². The van der Waals surface area contributed by atoms with Crippen molar-refractivity contribution in [1.82, 2.24) is 4.72 Å². The molecule has 0 aromatic heterocycles. The number of nitrogens with one attached hydrogen (secondary N) is 1. The fourth-order valence-corrected chi connectivity index (χ4v) is 3.29. The number of benzene rings is 1. The van der Waals surface area contributed by atoms with Crippen molar-refractivity contribution in [3.8, 4) is 5.75 Å². The molecular formula is C18H26F3NO6S. The first-order chi connectivity index (χ1) is 12.9. The van der Waals surface area contributed by atoms with Crippen LogP contribution < -0.4 is 9.46 Å². The second-order valence-electron chi connectivity index (χ2n) is 8.13. The molecule has 1 N–H and O–H groups in total. The highest BCUT2D eigenvalue weighted by Gasteiger charge is 2.36. The number of carbonyl (C=O) groups is 1. The SMILES string of the molecule is CC(C)(C)OCC(NS(=O)(=O)c1ccccc1OC(F)(F)F)C(=O)OC(C)(C)C. The fraction of sp³-hybridized carbons (Fsp3) is 0.611. The number of halogens is 3. The van der Waals surface area contributed by atoms with E-state index in [1.807, 2.05) is 0 Å². The molecule has 29 heavy (non-hydrogen) atoms. The quantitative estimate of drug-likeness (QED) is 0.653. The number of carbonyl (C=O) groups excluding carboxylic acids is 1. The minimum atomic E-state index is -5.09. The van der Waals surface area contributed by atoms with Gasteiger partial charge in [-0.2, -0.15) is 4.72 Å². The number of hydrogen-bond donors (Lipinski definition) is 1. The van der Waals surface area contributed by atoms with Crippen molar-refractivity contribution in [1.29, 1.82) is 0 Å². The molecule has 0 saturated heterocycles. The van der Waals surface area contributed by atoms with Crippen LogP contribution in [0.2, 0.25) is 0 Å². The Kier molecular flexibility index (Phi) is 7.72. The third kappa shape index (κ3) is 9.46. The Morgan fingerprint density at radius 1 is 1.03 bits per heavy atom. The average molecular weight is 441 g/mol. The van der Waals surface area contributed by atoms with Crippen LogP contribution in [0.4, 0.5) is 13.2 Å². The van der Waals surface area contributed by atoms with Crippen molar-refractivity contribution in [3.05, 3.63) is 24.3 Å². The lowest BCUT2D eigenvalue weighted by atomic mass is 10.2. The number of rotatable bonds is 7. The molecule has 1 aromatic rings. The molecule has 1 aromatic carbocycles. The molecule has 7 nitrogen and oxygen atoms in total. The lowest BCUT2D eigenvalue weighted by Gasteiger charge is -2.27. The van der Waals surface area contributed by atoms with E-state index in [0.29, 0.717) is 0 Å². The van der Waals surface area contributed by atoms with Crippen molar-refractivity contribution >= 4 is 16.0 Å². The molecule has 0 radical (unpaired) electrons. The van der Waals surface area contributed by atoms with Crippen molar-refractivity contribution in [2.45, 2.75) is 70.0 Å². The minimum absolute atomic E-state index is 0.389. The van der Waals surface area contributed by atoms with Gasteiger partial charge in [0.05, 0.1) is 12.2 Å². The number of sulfonamides is 1. The van der Waals surface area contributed by atoms with Gasteiger partial charge in [0.1, 0.15) is 22.3 Å². The Labute approximate surface area is 168 Å². The first-order valence-corrected chi connectivity index (χ1v) is 10.1. The van der Waals surface area contributed by atoms with E-state index in [-0.39, 0.29) is 6.61 Å². The zero-order valence-corrected chi connectivity index (χ0v) is 17.9. The van der Waals surface area contributed by atoms with Crippen LogP contribution >= 0.6 is 0 Å². The zero-order valence-electron chi connectivity index (χ0n) is 17.1. The van der Waals surface area contributed by atoms with Crippen LogP contribution in [0.5, 0.6) is 5.75 Å². The molecule has 1 rings (SSSR count). The van der Waals surface area contributed by atoms with Gasteiger partial charge in [0.25, 0.3) is 0 Å². The van der Waals surface area contributed by atoms with Crippen LogP contribution in [-0.4, -0.2) is 44.6 Å². The second-order valence-corrected chi connectivity index (χ2v) is 9.81. The van der Waals surface area contributed by atoms with E-state index < -0.39 is 50.2 Å². The number of esters is 1. The molecule has 0 aliphatic heterocycles. The Morgan fingerprint density at radius 2 is 1.59 bits per heavy atom. The van der Waals surface area contributed by atoms with E-state index in [0.717, 1.165) is 12.1 Å². The first-order valence-electron chi connectivity index (χ1n) is 8.63. The van der Waals surface area contributed by atoms with E-state index in [1.54, 1.807) is 41.5 Å². The highest BCUT2D eigenvalue weighted by molar-refractivity contribution is 7.89. The second kappa shape index (κ2) is 8.88. The Morgan fingerprint density at radius 3 is 2.07 bits per heavy atom. The monoisotopic (exact) mass is 441 g/mol. The number of alkyl halides is 3. The highest BCUT2D eigenvalue weighted by Crippen LogP contribution is 2.29. The smallest absolute Gasteiger partial charge is 0.459 e. The molecule has 166 valence electrons. The summed E-state index contributed by atoms with van der Waals surface area (Å²) in [6.45, 7) is 9.47. The fourth-order valence-electron chi connectivity index (χ4n) is 1.99. The topological polar surface area (TPSA) is 90.9 Å². The van der Waals surface area contributed by atoms with Gasteiger partial charge in [0.2, 0.25) is 10.0 Å². The average Bonchev–Trinajstić information content (AvgIpc) is 2.47. The number of para-hydroxylation sites is 1. The molecule has 0 saturated carbocycles. The largest absolute Gasteiger partial charge is 0.573 e. The van der Waals surface area contributed by atoms with Gasteiger partial charge in [0.15, 0.2) is 0 Å². The summed E-state index contributed by atoms with van der Waals surface area (Å²) in [5.74, 6) is -1.85. The van der Waals surface area contributed by atoms with Gasteiger partial charge in [-0.15, -0.1) is 13.2 Å². The van der Waals surface area contributed by atoms with Gasteiger partial charge in [-0.3, -0.25) is 4.79 Å². The van der Waals surface area contributed by atoms with Gasteiger partial charge >= 0.3 is 12.3 Å². The van der Waals surface area contributed by atoms with Gasteiger partial charge < -0.3 is 14.2 Å². The van der Waals surface area contributed by atoms with Crippen molar-refractivity contribution in [3.63, 3.8) is 0 Å². The van der Waals surface area contributed by atoms with E-state index in [1.165, 1.54) is 12.1 Å². The van der Waals surface area contributed by atoms with Crippen LogP contribution in [0, 0.1) is 0 Å². The maximum atomic E-state index is 12.7. The van der Waals surface area contributed by atoms with E-state index >= 15 is 0 Å². The van der Waals surface area contributed by atoms with Crippen LogP contribution in [0.1, 0.15) is 41.5 Å². The predicted octanol–water partition coefficient (Wildman–Crippen LogP) is 3.39. The number of hydrogen-bond acceptors (Lipinski definition) is 6. The maximum Gasteiger partial charge on any atom is 0.573 e. The molecule has 1 atom stereocenters. The molecule has 0 fully saturated rings. The summed E-state index contributed by atoms with van der Waals surface area (Å²) in [5.41, 5.74) is -1.62. The minimum Gasteiger partial charge on any atom is -0.459 e. The third-order valence-electron chi connectivity index (χ3n) is 3.04. The molecule has 1 unspecified atom stereocenters. The van der Waals surface area contributed by atoms with Gasteiger partial charge in [-0.25, -0.2) is 8.42 Å². The van der Waals surface area contributed by atoms with Crippen molar-refractivity contribution in [2.75, 3.05) is 6.61 Å². The Bertz CT molecular complexity index is 810. The summed E-state index contributed by atoms with van der Waals surface area (Å²) >= 11 is 0. The van der Waals surface area contributed by atoms with Crippen LogP contribution in [0.3, 0.4) is 0 Å².